The summed E-state index contributed by atoms with van der Waals surface area (Å²) in [6.45, 7) is 10.2. The Bertz CT molecular complexity index is 853. The molecule has 130 valence electrons. The first-order valence-corrected chi connectivity index (χ1v) is 8.60. The van der Waals surface area contributed by atoms with Crippen molar-refractivity contribution in [3.05, 3.63) is 54.9 Å². The van der Waals surface area contributed by atoms with Gasteiger partial charge in [0.05, 0.1) is 5.69 Å². The van der Waals surface area contributed by atoms with Crippen molar-refractivity contribution in [1.82, 2.24) is 19.8 Å². The first kappa shape index (κ1) is 17.0. The van der Waals surface area contributed by atoms with Gasteiger partial charge in [0.15, 0.2) is 5.82 Å². The molecule has 0 saturated carbocycles. The molecule has 1 atom stereocenters. The Labute approximate surface area is 148 Å². The lowest BCUT2D eigenvalue weighted by Crippen LogP contribution is -2.17. The average molecular weight is 336 g/mol. The number of nitrogens with one attached hydrogen (secondary N) is 2. The Kier molecular flexibility index (Phi) is 4.97. The van der Waals surface area contributed by atoms with Gasteiger partial charge in [0, 0.05) is 23.7 Å². The summed E-state index contributed by atoms with van der Waals surface area (Å²) in [4.78, 5) is 0. The van der Waals surface area contributed by atoms with Crippen LogP contribution < -0.4 is 10.6 Å². The molecule has 1 aromatic carbocycles. The largest absolute Gasteiger partial charge is 0.362 e. The summed E-state index contributed by atoms with van der Waals surface area (Å²) in [5, 5.41) is 20.2. The molecule has 3 rings (SSSR count). The number of hydrogen-bond acceptors (Lipinski definition) is 5. The molecule has 0 aliphatic carbocycles. The van der Waals surface area contributed by atoms with E-state index >= 15 is 0 Å². The van der Waals surface area contributed by atoms with Crippen LogP contribution in [0.3, 0.4) is 0 Å². The lowest BCUT2D eigenvalue weighted by Gasteiger charge is -2.15. The van der Waals surface area contributed by atoms with Crippen molar-refractivity contribution in [2.24, 2.45) is 0 Å². The van der Waals surface area contributed by atoms with E-state index in [1.165, 1.54) is 0 Å². The van der Waals surface area contributed by atoms with E-state index in [4.69, 9.17) is 0 Å². The van der Waals surface area contributed by atoms with Crippen LogP contribution >= 0.6 is 0 Å². The van der Waals surface area contributed by atoms with Crippen LogP contribution in [0, 0.1) is 0 Å². The van der Waals surface area contributed by atoms with E-state index in [1.807, 2.05) is 47.0 Å². The Balaban J connectivity index is 2.08. The standard InChI is InChI=1S/C19H24N6/c1-5-14(6-2)21-17-12-16(20-15-10-8-7-9-11-15)19-23-22-18(13(3)4)25(19)24-17/h5,7-14,20H,1,6H2,2-4H3,(H,21,24). The number of aromatic nitrogens is 4. The summed E-state index contributed by atoms with van der Waals surface area (Å²) < 4.78 is 1.81. The molecule has 0 aliphatic rings. The molecule has 25 heavy (non-hydrogen) atoms. The van der Waals surface area contributed by atoms with Gasteiger partial charge in [0.2, 0.25) is 5.65 Å². The molecule has 0 fully saturated rings. The maximum Gasteiger partial charge on any atom is 0.201 e. The zero-order chi connectivity index (χ0) is 17.8. The normalized spacial score (nSPS) is 12.3. The Hall–Kier alpha value is -2.89. The predicted octanol–water partition coefficient (Wildman–Crippen LogP) is 4.37. The van der Waals surface area contributed by atoms with Crippen LogP contribution in [-0.2, 0) is 0 Å². The van der Waals surface area contributed by atoms with Crippen molar-refractivity contribution in [3.63, 3.8) is 0 Å². The highest BCUT2D eigenvalue weighted by atomic mass is 15.4. The zero-order valence-electron chi connectivity index (χ0n) is 14.9. The number of hydrogen-bond donors (Lipinski definition) is 2. The molecular weight excluding hydrogens is 312 g/mol. The molecule has 3 aromatic rings. The second-order valence-electron chi connectivity index (χ2n) is 6.28. The van der Waals surface area contributed by atoms with Crippen LogP contribution in [0.2, 0.25) is 0 Å². The highest BCUT2D eigenvalue weighted by Gasteiger charge is 2.16. The molecule has 2 heterocycles. The lowest BCUT2D eigenvalue weighted by molar-refractivity contribution is 0.718. The Morgan fingerprint density at radius 2 is 1.96 bits per heavy atom. The van der Waals surface area contributed by atoms with Crippen molar-refractivity contribution in [3.8, 4) is 0 Å². The van der Waals surface area contributed by atoms with Crippen LogP contribution in [0.4, 0.5) is 17.2 Å². The molecule has 0 spiro atoms. The number of fused-ring (bicyclic) bond motifs is 1. The van der Waals surface area contributed by atoms with Crippen molar-refractivity contribution in [2.75, 3.05) is 10.6 Å². The predicted molar refractivity (Wildman–Crippen MR) is 102 cm³/mol. The molecule has 6 heteroatoms. The third kappa shape index (κ3) is 3.63. The third-order valence-corrected chi connectivity index (χ3v) is 4.02. The van der Waals surface area contributed by atoms with Gasteiger partial charge in [-0.1, -0.05) is 45.0 Å². The van der Waals surface area contributed by atoms with Gasteiger partial charge in [0.25, 0.3) is 0 Å². The molecular formula is C19H24N6. The fourth-order valence-corrected chi connectivity index (χ4v) is 2.61. The zero-order valence-corrected chi connectivity index (χ0v) is 14.9. The van der Waals surface area contributed by atoms with Gasteiger partial charge in [-0.25, -0.2) is 0 Å². The smallest absolute Gasteiger partial charge is 0.201 e. The maximum atomic E-state index is 4.69. The number of para-hydroxylation sites is 1. The monoisotopic (exact) mass is 336 g/mol. The number of nitrogens with zero attached hydrogens (tertiary/aromatic N) is 4. The lowest BCUT2D eigenvalue weighted by atomic mass is 10.2. The maximum absolute atomic E-state index is 4.69. The first-order chi connectivity index (χ1) is 12.1. The summed E-state index contributed by atoms with van der Waals surface area (Å²) >= 11 is 0. The summed E-state index contributed by atoms with van der Waals surface area (Å²) in [5.41, 5.74) is 2.57. The first-order valence-electron chi connectivity index (χ1n) is 8.60. The van der Waals surface area contributed by atoms with Crippen LogP contribution in [0.1, 0.15) is 38.9 Å². The summed E-state index contributed by atoms with van der Waals surface area (Å²) in [7, 11) is 0. The second-order valence-corrected chi connectivity index (χ2v) is 6.28. The molecule has 0 bridgehead atoms. The van der Waals surface area contributed by atoms with Crippen molar-refractivity contribution >= 4 is 22.8 Å². The van der Waals surface area contributed by atoms with Crippen LogP contribution in [0.5, 0.6) is 0 Å². The van der Waals surface area contributed by atoms with Crippen molar-refractivity contribution in [1.29, 1.82) is 0 Å². The van der Waals surface area contributed by atoms with Gasteiger partial charge < -0.3 is 10.6 Å². The topological polar surface area (TPSA) is 67.1 Å². The van der Waals surface area contributed by atoms with Gasteiger partial charge in [0.1, 0.15) is 5.82 Å². The molecule has 0 radical (unpaired) electrons. The van der Waals surface area contributed by atoms with E-state index in [0.29, 0.717) is 5.65 Å². The number of rotatable bonds is 7. The SMILES string of the molecule is C=CC(CC)Nc1cc(Nc2ccccc2)c2nnc(C(C)C)n2n1. The van der Waals surface area contributed by atoms with Gasteiger partial charge in [-0.15, -0.1) is 21.9 Å². The minimum Gasteiger partial charge on any atom is -0.362 e. The summed E-state index contributed by atoms with van der Waals surface area (Å²) in [6, 6.07) is 12.1. The van der Waals surface area contributed by atoms with Gasteiger partial charge in [-0.05, 0) is 18.6 Å². The molecule has 0 amide bonds. The minimum atomic E-state index is 0.161. The number of anilines is 3. The fourth-order valence-electron chi connectivity index (χ4n) is 2.61. The van der Waals surface area contributed by atoms with E-state index in [2.05, 4.69) is 53.3 Å². The number of benzene rings is 1. The van der Waals surface area contributed by atoms with Gasteiger partial charge >= 0.3 is 0 Å². The molecule has 2 aromatic heterocycles. The molecule has 6 nitrogen and oxygen atoms in total. The highest BCUT2D eigenvalue weighted by molar-refractivity contribution is 5.75. The molecule has 0 aliphatic heterocycles. The van der Waals surface area contributed by atoms with Crippen LogP contribution in [-0.4, -0.2) is 25.9 Å². The van der Waals surface area contributed by atoms with E-state index in [1.54, 1.807) is 0 Å². The Morgan fingerprint density at radius 1 is 1.20 bits per heavy atom. The molecule has 1 unspecified atom stereocenters. The molecule has 2 N–H and O–H groups in total. The van der Waals surface area contributed by atoms with Crippen LogP contribution in [0.25, 0.3) is 5.65 Å². The van der Waals surface area contributed by atoms with Crippen molar-refractivity contribution in [2.45, 2.75) is 39.2 Å². The summed E-state index contributed by atoms with van der Waals surface area (Å²) in [5.74, 6) is 1.82. The minimum absolute atomic E-state index is 0.161. The Morgan fingerprint density at radius 3 is 2.60 bits per heavy atom. The van der Waals surface area contributed by atoms with E-state index in [9.17, 15) is 0 Å². The van der Waals surface area contributed by atoms with Gasteiger partial charge in [-0.2, -0.15) is 4.52 Å². The average Bonchev–Trinajstić information content (AvgIpc) is 3.05. The molecule has 0 saturated heterocycles. The summed E-state index contributed by atoms with van der Waals surface area (Å²) in [6.07, 6.45) is 2.83. The van der Waals surface area contributed by atoms with E-state index < -0.39 is 0 Å². The van der Waals surface area contributed by atoms with E-state index in [0.717, 1.165) is 29.4 Å². The fraction of sp³-hybridized carbons (Fsp3) is 0.316. The quantitative estimate of drug-likeness (QED) is 0.627. The van der Waals surface area contributed by atoms with Gasteiger partial charge in [-0.3, -0.25) is 0 Å². The third-order valence-electron chi connectivity index (χ3n) is 4.02. The van der Waals surface area contributed by atoms with E-state index in [-0.39, 0.29) is 12.0 Å². The van der Waals surface area contributed by atoms with Crippen LogP contribution in [0.15, 0.2) is 49.1 Å². The van der Waals surface area contributed by atoms with Crippen molar-refractivity contribution < 1.29 is 0 Å². The highest BCUT2D eigenvalue weighted by Crippen LogP contribution is 2.25. The second kappa shape index (κ2) is 7.34.